The van der Waals surface area contributed by atoms with Gasteiger partial charge in [-0.2, -0.15) is 5.10 Å². The van der Waals surface area contributed by atoms with Crippen LogP contribution in [-0.2, 0) is 4.79 Å². The van der Waals surface area contributed by atoms with Crippen LogP contribution in [-0.4, -0.2) is 48.4 Å². The molecule has 1 saturated heterocycles. The van der Waals surface area contributed by atoms with Gasteiger partial charge in [-0.25, -0.2) is 9.67 Å². The Kier molecular flexibility index (Phi) is 5.81. The summed E-state index contributed by atoms with van der Waals surface area (Å²) < 4.78 is 1.90. The molecule has 0 saturated carbocycles. The number of carbonyl (C=O) groups is 1. The molecule has 0 aliphatic carbocycles. The van der Waals surface area contributed by atoms with Crippen molar-refractivity contribution in [1.82, 2.24) is 9.78 Å². The number of carbonyl (C=O) groups excluding carboxylic acids is 1. The van der Waals surface area contributed by atoms with Crippen molar-refractivity contribution < 1.29 is 14.7 Å². The summed E-state index contributed by atoms with van der Waals surface area (Å²) in [6.45, 7) is 10.2. The van der Waals surface area contributed by atoms with Crippen molar-refractivity contribution in [3.8, 4) is 5.69 Å². The highest BCUT2D eigenvalue weighted by atomic mass is 16.2. The van der Waals surface area contributed by atoms with Gasteiger partial charge in [-0.15, -0.1) is 0 Å². The van der Waals surface area contributed by atoms with Gasteiger partial charge in [0.05, 0.1) is 29.0 Å². The van der Waals surface area contributed by atoms with E-state index in [1.807, 2.05) is 49.0 Å². The largest absolute Gasteiger partial charge is 0.321 e. The third-order valence-electron chi connectivity index (χ3n) is 5.75. The monoisotopic (exact) mass is 406 g/mol. The minimum absolute atomic E-state index is 0.0411. The van der Waals surface area contributed by atoms with Crippen molar-refractivity contribution in [3.63, 3.8) is 0 Å². The Morgan fingerprint density at radius 2 is 1.83 bits per heavy atom. The standard InChI is InChI=1S/C23H28N6O/c1-17-7-9-20(10-8-17)29-19(3)23(18(2)26-29)25-22(30)16-27-12-14-28(15-13-27)21-6-4-5-11-24-21/h4-11H,12-16H2,1-3H3,(H,25,30)/p+2. The van der Waals surface area contributed by atoms with Crippen LogP contribution < -0.4 is 20.1 Å². The lowest BCUT2D eigenvalue weighted by molar-refractivity contribution is -0.892. The summed E-state index contributed by atoms with van der Waals surface area (Å²) in [5.74, 6) is 1.18. The molecule has 1 aliphatic heterocycles. The van der Waals surface area contributed by atoms with E-state index in [-0.39, 0.29) is 5.91 Å². The summed E-state index contributed by atoms with van der Waals surface area (Å²) in [4.78, 5) is 19.7. The van der Waals surface area contributed by atoms with Crippen molar-refractivity contribution in [2.75, 3.05) is 42.9 Å². The van der Waals surface area contributed by atoms with Crippen LogP contribution in [0.1, 0.15) is 17.0 Å². The molecule has 30 heavy (non-hydrogen) atoms. The Labute approximate surface area is 177 Å². The molecule has 3 aromatic rings. The van der Waals surface area contributed by atoms with E-state index >= 15 is 0 Å². The van der Waals surface area contributed by atoms with Crippen molar-refractivity contribution in [3.05, 3.63) is 65.6 Å². The number of piperazine rings is 1. The summed E-state index contributed by atoms with van der Waals surface area (Å²) in [5, 5.41) is 7.75. The van der Waals surface area contributed by atoms with Gasteiger partial charge in [-0.1, -0.05) is 23.8 Å². The molecule has 0 radical (unpaired) electrons. The van der Waals surface area contributed by atoms with Crippen molar-refractivity contribution >= 4 is 17.4 Å². The van der Waals surface area contributed by atoms with E-state index in [4.69, 9.17) is 0 Å². The lowest BCUT2D eigenvalue weighted by Gasteiger charge is -2.27. The molecule has 0 atom stereocenters. The Hall–Kier alpha value is -3.19. The third kappa shape index (κ3) is 4.36. The fourth-order valence-electron chi connectivity index (χ4n) is 3.99. The van der Waals surface area contributed by atoms with Crippen LogP contribution in [0.2, 0.25) is 0 Å². The molecule has 1 aromatic carbocycles. The van der Waals surface area contributed by atoms with E-state index in [9.17, 15) is 4.79 Å². The van der Waals surface area contributed by atoms with Crippen LogP contribution in [0.25, 0.3) is 5.69 Å². The number of quaternary nitrogens is 1. The topological polar surface area (TPSA) is 68.7 Å². The fourth-order valence-corrected chi connectivity index (χ4v) is 3.99. The lowest BCUT2D eigenvalue weighted by Crippen LogP contribution is -3.15. The maximum absolute atomic E-state index is 12.7. The molecule has 4 rings (SSSR count). The Morgan fingerprint density at radius 1 is 1.10 bits per heavy atom. The van der Waals surface area contributed by atoms with Gasteiger partial charge in [0.1, 0.15) is 26.2 Å². The van der Waals surface area contributed by atoms with Gasteiger partial charge < -0.3 is 10.2 Å². The van der Waals surface area contributed by atoms with Crippen molar-refractivity contribution in [1.29, 1.82) is 0 Å². The highest BCUT2D eigenvalue weighted by Crippen LogP contribution is 2.22. The normalized spacial score (nSPS) is 14.7. The van der Waals surface area contributed by atoms with Crippen molar-refractivity contribution in [2.45, 2.75) is 20.8 Å². The summed E-state index contributed by atoms with van der Waals surface area (Å²) in [6.07, 6.45) is 1.95. The summed E-state index contributed by atoms with van der Waals surface area (Å²) in [7, 11) is 0. The number of nitrogens with zero attached hydrogens (tertiary/aromatic N) is 3. The maximum Gasteiger partial charge on any atom is 0.279 e. The predicted molar refractivity (Wildman–Crippen MR) is 117 cm³/mol. The smallest absolute Gasteiger partial charge is 0.279 e. The van der Waals surface area contributed by atoms with Crippen LogP contribution in [0.3, 0.4) is 0 Å². The van der Waals surface area contributed by atoms with Crippen LogP contribution in [0, 0.1) is 20.8 Å². The number of anilines is 2. The molecule has 0 bridgehead atoms. The second-order valence-electron chi connectivity index (χ2n) is 8.00. The number of benzene rings is 1. The Morgan fingerprint density at radius 3 is 2.50 bits per heavy atom. The van der Waals surface area contributed by atoms with Crippen LogP contribution >= 0.6 is 0 Å². The lowest BCUT2D eigenvalue weighted by atomic mass is 10.2. The van der Waals surface area contributed by atoms with E-state index in [1.165, 1.54) is 10.5 Å². The van der Waals surface area contributed by atoms with Gasteiger partial charge in [0.25, 0.3) is 11.7 Å². The van der Waals surface area contributed by atoms with Crippen LogP contribution in [0.4, 0.5) is 11.5 Å². The molecule has 156 valence electrons. The number of pyridine rings is 1. The average Bonchev–Trinajstić information content (AvgIpc) is 3.04. The minimum atomic E-state index is 0.0411. The number of hydrogen-bond acceptors (Lipinski definition) is 3. The molecule has 0 spiro atoms. The van der Waals surface area contributed by atoms with Gasteiger partial charge in [0.2, 0.25) is 0 Å². The Balaban J connectivity index is 1.36. The molecule has 0 unspecified atom stereocenters. The first kappa shape index (κ1) is 20.1. The first-order valence-electron chi connectivity index (χ1n) is 10.5. The zero-order chi connectivity index (χ0) is 21.1. The minimum Gasteiger partial charge on any atom is -0.321 e. The number of aryl methyl sites for hydroxylation is 2. The van der Waals surface area contributed by atoms with E-state index in [1.54, 1.807) is 0 Å². The highest BCUT2D eigenvalue weighted by molar-refractivity contribution is 5.92. The number of amides is 1. The number of nitrogens with one attached hydrogen (secondary N) is 3. The summed E-state index contributed by atoms with van der Waals surface area (Å²) >= 11 is 0. The first-order chi connectivity index (χ1) is 14.5. The molecular weight excluding hydrogens is 376 g/mol. The molecule has 2 aromatic heterocycles. The van der Waals surface area contributed by atoms with E-state index < -0.39 is 0 Å². The van der Waals surface area contributed by atoms with Crippen LogP contribution in [0.15, 0.2) is 48.7 Å². The van der Waals surface area contributed by atoms with Gasteiger partial charge in [0.15, 0.2) is 6.54 Å². The van der Waals surface area contributed by atoms with Gasteiger partial charge >= 0.3 is 0 Å². The first-order valence-corrected chi connectivity index (χ1v) is 10.5. The molecule has 1 fully saturated rings. The number of hydrogen-bond donors (Lipinski definition) is 2. The molecular formula is C23H30N6O+2. The summed E-state index contributed by atoms with van der Waals surface area (Å²) in [6, 6.07) is 14.4. The fraction of sp³-hybridized carbons (Fsp3) is 0.348. The van der Waals surface area contributed by atoms with E-state index in [2.05, 4.69) is 45.4 Å². The molecule has 1 aliphatic rings. The number of aromatic amines is 1. The molecule has 3 heterocycles. The number of H-pyrrole nitrogens is 1. The number of rotatable bonds is 5. The SMILES string of the molecule is Cc1ccc(-n2nc(C)c(NC(=O)C[NH+]3CCN(c4cccc[nH+]4)CC3)c2C)cc1. The second kappa shape index (κ2) is 8.67. The van der Waals surface area contributed by atoms with Gasteiger partial charge in [-0.3, -0.25) is 9.69 Å². The second-order valence-corrected chi connectivity index (χ2v) is 8.00. The molecule has 1 amide bonds. The predicted octanol–water partition coefficient (Wildman–Crippen LogP) is 0.955. The quantitative estimate of drug-likeness (QED) is 0.663. The van der Waals surface area contributed by atoms with Gasteiger partial charge in [-0.05, 0) is 39.0 Å². The van der Waals surface area contributed by atoms with Crippen molar-refractivity contribution in [2.24, 2.45) is 0 Å². The Bertz CT molecular complexity index is 1000. The maximum atomic E-state index is 12.7. The zero-order valence-corrected chi connectivity index (χ0v) is 17.9. The van der Waals surface area contributed by atoms with E-state index in [0.29, 0.717) is 6.54 Å². The molecule has 7 heteroatoms. The van der Waals surface area contributed by atoms with Gasteiger partial charge in [0, 0.05) is 6.07 Å². The number of aromatic nitrogens is 3. The zero-order valence-electron chi connectivity index (χ0n) is 17.9. The van der Waals surface area contributed by atoms with Crippen LogP contribution in [0.5, 0.6) is 0 Å². The average molecular weight is 407 g/mol. The molecule has 3 N–H and O–H groups in total. The van der Waals surface area contributed by atoms with E-state index in [0.717, 1.165) is 54.8 Å². The summed E-state index contributed by atoms with van der Waals surface area (Å²) in [5.41, 5.74) is 4.81. The third-order valence-corrected chi connectivity index (χ3v) is 5.75. The molecule has 7 nitrogen and oxygen atoms in total. The highest BCUT2D eigenvalue weighted by Gasteiger charge is 2.27.